The zero-order valence-electron chi connectivity index (χ0n) is 17.9. The first-order valence-electron chi connectivity index (χ1n) is 10.5. The number of halogens is 1. The lowest BCUT2D eigenvalue weighted by Crippen LogP contribution is -2.31. The van der Waals surface area contributed by atoms with Gasteiger partial charge in [-0.2, -0.15) is 0 Å². The van der Waals surface area contributed by atoms with Crippen molar-refractivity contribution in [2.45, 2.75) is 19.6 Å². The number of methoxy groups -OCH3 is 1. The molecule has 0 unspecified atom stereocenters. The number of aromatic nitrogens is 1. The van der Waals surface area contributed by atoms with Crippen LogP contribution in [-0.2, 0) is 19.6 Å². The molecule has 0 radical (unpaired) electrons. The lowest BCUT2D eigenvalue weighted by molar-refractivity contribution is 0.0726. The highest BCUT2D eigenvalue weighted by Gasteiger charge is 2.18. The zero-order valence-corrected chi connectivity index (χ0v) is 18.7. The molecule has 0 saturated heterocycles. The Kier molecular flexibility index (Phi) is 6.93. The molecule has 3 aromatic carbocycles. The smallest absolute Gasteiger partial charge is 0.254 e. The van der Waals surface area contributed by atoms with Gasteiger partial charge in [0, 0.05) is 35.6 Å². The molecule has 0 aliphatic heterocycles. The molecule has 1 aromatic heterocycles. The van der Waals surface area contributed by atoms with Gasteiger partial charge in [-0.1, -0.05) is 54.1 Å². The predicted octanol–water partition coefficient (Wildman–Crippen LogP) is 6.04. The van der Waals surface area contributed by atoms with Gasteiger partial charge in [0.1, 0.15) is 5.75 Å². The van der Waals surface area contributed by atoms with Crippen LogP contribution in [0.25, 0.3) is 0 Å². The zero-order chi connectivity index (χ0) is 22.3. The van der Waals surface area contributed by atoms with E-state index >= 15 is 0 Å². The first kappa shape index (κ1) is 21.7. The van der Waals surface area contributed by atoms with Gasteiger partial charge < -0.3 is 14.2 Å². The molecule has 0 spiro atoms. The van der Waals surface area contributed by atoms with Crippen molar-refractivity contribution in [2.75, 3.05) is 7.11 Å². The molecule has 4 aromatic rings. The Bertz CT molecular complexity index is 1170. The molecule has 0 aliphatic rings. The van der Waals surface area contributed by atoms with Crippen LogP contribution in [0.1, 0.15) is 27.2 Å². The first-order valence-corrected chi connectivity index (χ1v) is 10.9. The Morgan fingerprint density at radius 3 is 2.38 bits per heavy atom. The van der Waals surface area contributed by atoms with Crippen LogP contribution in [0.2, 0.25) is 5.02 Å². The number of amides is 1. The van der Waals surface area contributed by atoms with E-state index in [0.29, 0.717) is 30.2 Å². The number of hydrogen-bond donors (Lipinski definition) is 0. The van der Waals surface area contributed by atoms with Crippen molar-refractivity contribution in [3.05, 3.63) is 125 Å². The van der Waals surface area contributed by atoms with Crippen molar-refractivity contribution in [3.8, 4) is 5.75 Å². The van der Waals surface area contributed by atoms with Gasteiger partial charge in [-0.25, -0.2) is 0 Å². The average molecular weight is 445 g/mol. The molecule has 0 bridgehead atoms. The number of ether oxygens (including phenoxy) is 1. The third kappa shape index (κ3) is 5.40. The van der Waals surface area contributed by atoms with E-state index in [9.17, 15) is 4.79 Å². The Morgan fingerprint density at radius 1 is 0.875 bits per heavy atom. The third-order valence-electron chi connectivity index (χ3n) is 5.36. The van der Waals surface area contributed by atoms with Crippen LogP contribution in [0.15, 0.2) is 97.2 Å². The van der Waals surface area contributed by atoms with Crippen molar-refractivity contribution in [3.63, 3.8) is 0 Å². The molecule has 0 aliphatic carbocycles. The molecule has 4 rings (SSSR count). The lowest BCUT2D eigenvalue weighted by atomic mass is 10.1. The van der Waals surface area contributed by atoms with E-state index in [-0.39, 0.29) is 5.91 Å². The van der Waals surface area contributed by atoms with E-state index in [1.807, 2.05) is 65.7 Å². The lowest BCUT2D eigenvalue weighted by Gasteiger charge is -2.24. The number of rotatable bonds is 8. The molecule has 0 fully saturated rings. The molecule has 32 heavy (non-hydrogen) atoms. The summed E-state index contributed by atoms with van der Waals surface area (Å²) in [6, 6.07) is 29.2. The van der Waals surface area contributed by atoms with Crippen LogP contribution in [0.5, 0.6) is 5.75 Å². The van der Waals surface area contributed by atoms with Gasteiger partial charge in [-0.3, -0.25) is 4.79 Å². The van der Waals surface area contributed by atoms with E-state index in [2.05, 4.69) is 16.7 Å². The maximum atomic E-state index is 13.4. The minimum absolute atomic E-state index is 0.0281. The monoisotopic (exact) mass is 444 g/mol. The van der Waals surface area contributed by atoms with Gasteiger partial charge in [0.2, 0.25) is 0 Å². The van der Waals surface area contributed by atoms with Gasteiger partial charge in [0.05, 0.1) is 13.7 Å². The summed E-state index contributed by atoms with van der Waals surface area (Å²) in [7, 11) is 1.67. The van der Waals surface area contributed by atoms with E-state index in [4.69, 9.17) is 16.3 Å². The fraction of sp³-hybridized carbons (Fsp3) is 0.148. The second-order valence-electron chi connectivity index (χ2n) is 7.63. The van der Waals surface area contributed by atoms with E-state index < -0.39 is 0 Å². The summed E-state index contributed by atoms with van der Waals surface area (Å²) in [5, 5.41) is 0.614. The summed E-state index contributed by atoms with van der Waals surface area (Å²) in [6.45, 7) is 1.72. The van der Waals surface area contributed by atoms with Crippen LogP contribution in [0.4, 0.5) is 0 Å². The fourth-order valence-corrected chi connectivity index (χ4v) is 3.81. The number of carbonyl (C=O) groups excluding carboxylic acids is 1. The SMILES string of the molecule is COc1cccc(Cn2cccc2CN(Cc2ccccc2)C(=O)c2ccc(Cl)cc2)c1. The summed E-state index contributed by atoms with van der Waals surface area (Å²) in [6.07, 6.45) is 2.04. The number of benzene rings is 3. The maximum absolute atomic E-state index is 13.4. The summed E-state index contributed by atoms with van der Waals surface area (Å²) < 4.78 is 7.52. The normalized spacial score (nSPS) is 10.7. The van der Waals surface area contributed by atoms with Crippen LogP contribution >= 0.6 is 11.6 Å². The topological polar surface area (TPSA) is 34.5 Å². The largest absolute Gasteiger partial charge is 0.497 e. The number of carbonyl (C=O) groups is 1. The Hall–Kier alpha value is -3.50. The highest BCUT2D eigenvalue weighted by molar-refractivity contribution is 6.30. The van der Waals surface area contributed by atoms with E-state index in [1.54, 1.807) is 31.4 Å². The quantitative estimate of drug-likeness (QED) is 0.332. The van der Waals surface area contributed by atoms with Crippen molar-refractivity contribution in [1.82, 2.24) is 9.47 Å². The molecule has 4 nitrogen and oxygen atoms in total. The molecular weight excluding hydrogens is 420 g/mol. The average Bonchev–Trinajstić information content (AvgIpc) is 3.26. The summed E-state index contributed by atoms with van der Waals surface area (Å²) in [5.41, 5.74) is 3.91. The number of hydrogen-bond acceptors (Lipinski definition) is 2. The van der Waals surface area contributed by atoms with Crippen molar-refractivity contribution in [2.24, 2.45) is 0 Å². The van der Waals surface area contributed by atoms with Crippen molar-refractivity contribution < 1.29 is 9.53 Å². The van der Waals surface area contributed by atoms with Gasteiger partial charge in [-0.05, 0) is 59.7 Å². The molecule has 0 atom stereocenters. The predicted molar refractivity (Wildman–Crippen MR) is 128 cm³/mol. The summed E-state index contributed by atoms with van der Waals surface area (Å²) >= 11 is 6.02. The highest BCUT2D eigenvalue weighted by Crippen LogP contribution is 2.19. The van der Waals surface area contributed by atoms with E-state index in [0.717, 1.165) is 22.6 Å². The molecule has 0 saturated carbocycles. The Labute approximate surface area is 193 Å². The van der Waals surface area contributed by atoms with Gasteiger partial charge in [0.25, 0.3) is 5.91 Å². The van der Waals surface area contributed by atoms with Gasteiger partial charge in [-0.15, -0.1) is 0 Å². The third-order valence-corrected chi connectivity index (χ3v) is 5.61. The summed E-state index contributed by atoms with van der Waals surface area (Å²) in [5.74, 6) is 0.805. The van der Waals surface area contributed by atoms with Crippen LogP contribution < -0.4 is 4.74 Å². The molecule has 162 valence electrons. The van der Waals surface area contributed by atoms with Gasteiger partial charge in [0.15, 0.2) is 0 Å². The fourth-order valence-electron chi connectivity index (χ4n) is 3.69. The van der Waals surface area contributed by atoms with Gasteiger partial charge >= 0.3 is 0 Å². The van der Waals surface area contributed by atoms with Crippen LogP contribution in [0, 0.1) is 0 Å². The van der Waals surface area contributed by atoms with Crippen molar-refractivity contribution >= 4 is 17.5 Å². The standard InChI is InChI=1S/C27H25ClN2O2/c1-32-26-11-5-9-22(17-26)19-29-16-6-10-25(29)20-30(18-21-7-3-2-4-8-21)27(31)23-12-14-24(28)15-13-23/h2-17H,18-20H2,1H3. The second-order valence-corrected chi connectivity index (χ2v) is 8.07. The molecular formula is C27H25ClN2O2. The first-order chi connectivity index (χ1) is 15.6. The minimum atomic E-state index is -0.0281. The molecule has 1 amide bonds. The van der Waals surface area contributed by atoms with Crippen molar-refractivity contribution in [1.29, 1.82) is 0 Å². The highest BCUT2D eigenvalue weighted by atomic mass is 35.5. The van der Waals surface area contributed by atoms with E-state index in [1.165, 1.54) is 0 Å². The maximum Gasteiger partial charge on any atom is 0.254 e. The minimum Gasteiger partial charge on any atom is -0.497 e. The van der Waals surface area contributed by atoms with Crippen LogP contribution in [0.3, 0.4) is 0 Å². The summed E-state index contributed by atoms with van der Waals surface area (Å²) in [4.78, 5) is 15.3. The second kappa shape index (κ2) is 10.2. The molecule has 1 heterocycles. The molecule has 5 heteroatoms. The van der Waals surface area contributed by atoms with Crippen LogP contribution in [-0.4, -0.2) is 22.5 Å². The Morgan fingerprint density at radius 2 is 1.62 bits per heavy atom. The molecule has 0 N–H and O–H groups in total. The number of nitrogens with zero attached hydrogens (tertiary/aromatic N) is 2. The Balaban J connectivity index is 1.59.